The van der Waals surface area contributed by atoms with E-state index < -0.39 is 24.4 Å². The minimum absolute atomic E-state index is 0.0935. The Morgan fingerprint density at radius 2 is 1.92 bits per heavy atom. The smallest absolute Gasteiger partial charge is 0.307 e. The summed E-state index contributed by atoms with van der Waals surface area (Å²) in [4.78, 5) is 39.4. The molecule has 0 bridgehead atoms. The van der Waals surface area contributed by atoms with Gasteiger partial charge in [-0.3, -0.25) is 19.3 Å². The predicted molar refractivity (Wildman–Crippen MR) is 90.4 cm³/mol. The summed E-state index contributed by atoms with van der Waals surface area (Å²) < 4.78 is 5.53. The van der Waals surface area contributed by atoms with E-state index in [2.05, 4.69) is 6.92 Å². The largest absolute Gasteiger partial charge is 0.481 e. The Hall–Kier alpha value is -2.57. The Morgan fingerprint density at radius 3 is 2.60 bits per heavy atom. The fourth-order valence-corrected chi connectivity index (χ4v) is 3.22. The number of amides is 2. The molecule has 25 heavy (non-hydrogen) atoms. The zero-order valence-corrected chi connectivity index (χ0v) is 14.2. The van der Waals surface area contributed by atoms with Crippen molar-refractivity contribution in [2.75, 3.05) is 24.5 Å². The second kappa shape index (κ2) is 7.13. The zero-order valence-electron chi connectivity index (χ0n) is 14.2. The highest BCUT2D eigenvalue weighted by Crippen LogP contribution is 2.34. The SMILES string of the molecule is CC1CCN(C(=O)CN2C(=O)C(CC(=O)O)Oc3ccccc32)CC1. The number of fused-ring (bicyclic) bond motifs is 1. The maximum Gasteiger partial charge on any atom is 0.307 e. The molecule has 2 heterocycles. The van der Waals surface area contributed by atoms with Gasteiger partial charge in [0.2, 0.25) is 5.91 Å². The number of carboxylic acids is 1. The van der Waals surface area contributed by atoms with Crippen molar-refractivity contribution in [2.24, 2.45) is 5.92 Å². The number of anilines is 1. The molecule has 1 saturated heterocycles. The Balaban J connectivity index is 1.79. The van der Waals surface area contributed by atoms with Gasteiger partial charge in [0.15, 0.2) is 6.10 Å². The molecule has 7 nitrogen and oxygen atoms in total. The van der Waals surface area contributed by atoms with Gasteiger partial charge in [-0.25, -0.2) is 0 Å². The fraction of sp³-hybridized carbons (Fsp3) is 0.500. The lowest BCUT2D eigenvalue weighted by molar-refractivity contribution is -0.142. The van der Waals surface area contributed by atoms with Gasteiger partial charge in [0.1, 0.15) is 12.3 Å². The number of carboxylic acid groups (broad SMARTS) is 1. The van der Waals surface area contributed by atoms with E-state index in [1.54, 1.807) is 29.2 Å². The number of rotatable bonds is 4. The molecule has 1 N–H and O–H groups in total. The second-order valence-electron chi connectivity index (χ2n) is 6.66. The number of ether oxygens (including phenoxy) is 1. The summed E-state index contributed by atoms with van der Waals surface area (Å²) in [5.74, 6) is -0.692. The van der Waals surface area contributed by atoms with E-state index in [1.807, 2.05) is 0 Å². The lowest BCUT2D eigenvalue weighted by atomic mass is 9.99. The third-order valence-corrected chi connectivity index (χ3v) is 4.76. The van der Waals surface area contributed by atoms with E-state index in [4.69, 9.17) is 9.84 Å². The Morgan fingerprint density at radius 1 is 1.24 bits per heavy atom. The van der Waals surface area contributed by atoms with Crippen LogP contribution in [0.5, 0.6) is 5.75 Å². The summed E-state index contributed by atoms with van der Waals surface area (Å²) in [5.41, 5.74) is 0.507. The first kappa shape index (κ1) is 17.3. The zero-order chi connectivity index (χ0) is 18.0. The summed E-state index contributed by atoms with van der Waals surface area (Å²) in [6.45, 7) is 3.46. The third-order valence-electron chi connectivity index (χ3n) is 4.76. The number of benzene rings is 1. The standard InChI is InChI=1S/C18H22N2O5/c1-12-6-8-19(9-7-12)16(21)11-20-13-4-2-3-5-14(13)25-15(18(20)24)10-17(22)23/h2-5,12,15H,6-11H2,1H3,(H,22,23). The van der Waals surface area contributed by atoms with E-state index in [1.165, 1.54) is 4.90 Å². The maximum absolute atomic E-state index is 12.7. The molecule has 0 spiro atoms. The van der Waals surface area contributed by atoms with Crippen molar-refractivity contribution in [3.8, 4) is 5.75 Å². The van der Waals surface area contributed by atoms with E-state index in [9.17, 15) is 14.4 Å². The van der Waals surface area contributed by atoms with Gasteiger partial charge < -0.3 is 14.7 Å². The molecule has 0 saturated carbocycles. The van der Waals surface area contributed by atoms with Crippen LogP contribution in [0.25, 0.3) is 0 Å². The Kier molecular flexibility index (Phi) is 4.92. The molecule has 1 aromatic rings. The van der Waals surface area contributed by atoms with Gasteiger partial charge in [0.05, 0.1) is 12.1 Å². The average Bonchev–Trinajstić information content (AvgIpc) is 2.58. The van der Waals surface area contributed by atoms with Gasteiger partial charge in [0.25, 0.3) is 5.91 Å². The summed E-state index contributed by atoms with van der Waals surface area (Å²) >= 11 is 0. The average molecular weight is 346 g/mol. The minimum Gasteiger partial charge on any atom is -0.481 e. The molecule has 134 valence electrons. The van der Waals surface area contributed by atoms with Gasteiger partial charge in [-0.05, 0) is 30.9 Å². The highest BCUT2D eigenvalue weighted by atomic mass is 16.5. The monoisotopic (exact) mass is 346 g/mol. The maximum atomic E-state index is 12.7. The van der Waals surface area contributed by atoms with Crippen LogP contribution in [0.4, 0.5) is 5.69 Å². The van der Waals surface area contributed by atoms with Crippen molar-refractivity contribution in [3.05, 3.63) is 24.3 Å². The number of para-hydroxylation sites is 2. The van der Waals surface area contributed by atoms with Crippen molar-refractivity contribution >= 4 is 23.5 Å². The van der Waals surface area contributed by atoms with Crippen LogP contribution in [0, 0.1) is 5.92 Å². The molecule has 2 aliphatic heterocycles. The van der Waals surface area contributed by atoms with E-state index >= 15 is 0 Å². The van der Waals surface area contributed by atoms with Crippen molar-refractivity contribution < 1.29 is 24.2 Å². The van der Waals surface area contributed by atoms with Gasteiger partial charge in [-0.2, -0.15) is 0 Å². The minimum atomic E-state index is -1.12. The van der Waals surface area contributed by atoms with Crippen molar-refractivity contribution in [2.45, 2.75) is 32.3 Å². The molecule has 3 rings (SSSR count). The molecule has 0 aromatic heterocycles. The van der Waals surface area contributed by atoms with Crippen LogP contribution in [-0.2, 0) is 14.4 Å². The van der Waals surface area contributed by atoms with E-state index in [0.29, 0.717) is 30.4 Å². The quantitative estimate of drug-likeness (QED) is 0.893. The number of hydrogen-bond acceptors (Lipinski definition) is 4. The normalized spacial score (nSPS) is 20.8. The molecule has 2 aliphatic rings. The summed E-state index contributed by atoms with van der Waals surface area (Å²) in [5, 5.41) is 9.00. The van der Waals surface area contributed by atoms with Crippen LogP contribution in [0.1, 0.15) is 26.2 Å². The molecular weight excluding hydrogens is 324 g/mol. The van der Waals surface area contributed by atoms with Crippen LogP contribution in [0.2, 0.25) is 0 Å². The topological polar surface area (TPSA) is 87.2 Å². The summed E-state index contributed by atoms with van der Waals surface area (Å²) in [7, 11) is 0. The fourth-order valence-electron chi connectivity index (χ4n) is 3.22. The molecular formula is C18H22N2O5. The number of carbonyl (C=O) groups excluding carboxylic acids is 2. The van der Waals surface area contributed by atoms with E-state index in [-0.39, 0.29) is 12.5 Å². The molecule has 2 amide bonds. The van der Waals surface area contributed by atoms with E-state index in [0.717, 1.165) is 12.8 Å². The summed E-state index contributed by atoms with van der Waals surface area (Å²) in [6.07, 6.45) is 0.378. The molecule has 1 unspecified atom stereocenters. The first-order valence-electron chi connectivity index (χ1n) is 8.52. The highest BCUT2D eigenvalue weighted by molar-refractivity contribution is 6.04. The number of carbonyl (C=O) groups is 3. The number of aliphatic carboxylic acids is 1. The first-order valence-corrected chi connectivity index (χ1v) is 8.52. The Bertz CT molecular complexity index is 682. The lowest BCUT2D eigenvalue weighted by Gasteiger charge is -2.36. The molecule has 0 radical (unpaired) electrons. The third kappa shape index (κ3) is 3.75. The summed E-state index contributed by atoms with van der Waals surface area (Å²) in [6, 6.07) is 6.89. The second-order valence-corrected chi connectivity index (χ2v) is 6.66. The van der Waals surface area contributed by atoms with Crippen LogP contribution < -0.4 is 9.64 Å². The number of likely N-dealkylation sites (tertiary alicyclic amines) is 1. The number of hydrogen-bond donors (Lipinski definition) is 1. The van der Waals surface area contributed by atoms with Gasteiger partial charge >= 0.3 is 5.97 Å². The Labute approximate surface area is 146 Å². The highest BCUT2D eigenvalue weighted by Gasteiger charge is 2.37. The lowest BCUT2D eigenvalue weighted by Crippen LogP contribution is -2.51. The van der Waals surface area contributed by atoms with Crippen LogP contribution in [-0.4, -0.2) is 53.5 Å². The molecule has 1 aromatic carbocycles. The molecule has 1 fully saturated rings. The van der Waals surface area contributed by atoms with Gasteiger partial charge in [-0.15, -0.1) is 0 Å². The van der Waals surface area contributed by atoms with Gasteiger partial charge in [0, 0.05) is 13.1 Å². The van der Waals surface area contributed by atoms with Crippen LogP contribution in [0.3, 0.4) is 0 Å². The number of nitrogens with zero attached hydrogens (tertiary/aromatic N) is 2. The van der Waals surface area contributed by atoms with Gasteiger partial charge in [-0.1, -0.05) is 19.1 Å². The number of piperidine rings is 1. The molecule has 0 aliphatic carbocycles. The van der Waals surface area contributed by atoms with Crippen molar-refractivity contribution in [1.82, 2.24) is 4.90 Å². The van der Waals surface area contributed by atoms with Crippen molar-refractivity contribution in [1.29, 1.82) is 0 Å². The van der Waals surface area contributed by atoms with Crippen LogP contribution >= 0.6 is 0 Å². The molecule has 1 atom stereocenters. The predicted octanol–water partition coefficient (Wildman–Crippen LogP) is 1.51. The van der Waals surface area contributed by atoms with Crippen molar-refractivity contribution in [3.63, 3.8) is 0 Å². The first-order chi connectivity index (χ1) is 12.0. The molecule has 7 heteroatoms. The van der Waals surface area contributed by atoms with Crippen LogP contribution in [0.15, 0.2) is 24.3 Å².